The van der Waals surface area contributed by atoms with Crippen molar-refractivity contribution in [1.29, 1.82) is 0 Å². The molecule has 1 N–H and O–H groups in total. The third-order valence-corrected chi connectivity index (χ3v) is 2.82. The highest BCUT2D eigenvalue weighted by Gasteiger charge is 2.12. The summed E-state index contributed by atoms with van der Waals surface area (Å²) in [5.41, 5.74) is 2.22. The van der Waals surface area contributed by atoms with Crippen LogP contribution in [0.5, 0.6) is 0 Å². The predicted octanol–water partition coefficient (Wildman–Crippen LogP) is 2.49. The zero-order chi connectivity index (χ0) is 11.5. The van der Waals surface area contributed by atoms with Crippen LogP contribution in [0.3, 0.4) is 0 Å². The van der Waals surface area contributed by atoms with E-state index in [2.05, 4.69) is 5.10 Å². The van der Waals surface area contributed by atoms with Crippen LogP contribution in [-0.2, 0) is 0 Å². The van der Waals surface area contributed by atoms with Crippen molar-refractivity contribution in [2.24, 2.45) is 0 Å². The zero-order valence-electron chi connectivity index (χ0n) is 9.54. The van der Waals surface area contributed by atoms with Gasteiger partial charge in [0.25, 0.3) is 0 Å². The van der Waals surface area contributed by atoms with E-state index in [1.54, 1.807) is 11.6 Å². The predicted molar refractivity (Wildman–Crippen MR) is 64.1 cm³/mol. The number of aliphatic hydroxyl groups excluding tert-OH is 1. The Hall–Kier alpha value is -1.61. The van der Waals surface area contributed by atoms with Crippen molar-refractivity contribution in [3.63, 3.8) is 0 Å². The molecule has 1 aromatic heterocycles. The number of hydrogen-bond donors (Lipinski definition) is 1. The van der Waals surface area contributed by atoms with Crippen LogP contribution in [0.4, 0.5) is 0 Å². The highest BCUT2D eigenvalue weighted by Crippen LogP contribution is 2.20. The van der Waals surface area contributed by atoms with Crippen molar-refractivity contribution >= 4 is 0 Å². The molecule has 0 saturated heterocycles. The van der Waals surface area contributed by atoms with E-state index >= 15 is 0 Å². The molecule has 1 heterocycles. The van der Waals surface area contributed by atoms with Crippen LogP contribution in [0.2, 0.25) is 0 Å². The molecule has 3 nitrogen and oxygen atoms in total. The van der Waals surface area contributed by atoms with Crippen LogP contribution in [0.25, 0.3) is 11.1 Å². The molecule has 0 radical (unpaired) electrons. The Balaban J connectivity index is 2.27. The Labute approximate surface area is 95.3 Å². The Morgan fingerprint density at radius 1 is 1.12 bits per heavy atom. The van der Waals surface area contributed by atoms with Crippen LogP contribution >= 0.6 is 0 Å². The molecule has 0 spiro atoms. The van der Waals surface area contributed by atoms with Crippen LogP contribution in [0.15, 0.2) is 42.7 Å². The van der Waals surface area contributed by atoms with Gasteiger partial charge in [0.1, 0.15) is 0 Å². The van der Waals surface area contributed by atoms with E-state index in [9.17, 15) is 5.11 Å². The SMILES string of the molecule is CC(O)C(C)n1cc(-c2ccccc2)cn1. The average Bonchev–Trinajstić information content (AvgIpc) is 2.78. The highest BCUT2D eigenvalue weighted by molar-refractivity contribution is 5.61. The molecule has 0 aliphatic carbocycles. The van der Waals surface area contributed by atoms with E-state index in [-0.39, 0.29) is 6.04 Å². The topological polar surface area (TPSA) is 38.0 Å². The van der Waals surface area contributed by atoms with E-state index in [1.165, 1.54) is 0 Å². The molecule has 2 aromatic rings. The number of aromatic nitrogens is 2. The molecular weight excluding hydrogens is 200 g/mol. The van der Waals surface area contributed by atoms with Crippen LogP contribution in [0.1, 0.15) is 19.9 Å². The molecule has 2 atom stereocenters. The molecule has 0 amide bonds. The molecule has 16 heavy (non-hydrogen) atoms. The Morgan fingerprint density at radius 2 is 1.81 bits per heavy atom. The number of benzene rings is 1. The van der Waals surface area contributed by atoms with E-state index in [0.29, 0.717) is 0 Å². The summed E-state index contributed by atoms with van der Waals surface area (Å²) in [6.07, 6.45) is 3.39. The molecule has 3 heteroatoms. The lowest BCUT2D eigenvalue weighted by atomic mass is 10.1. The van der Waals surface area contributed by atoms with E-state index < -0.39 is 6.10 Å². The lowest BCUT2D eigenvalue weighted by molar-refractivity contribution is 0.132. The Kier molecular flexibility index (Phi) is 3.06. The van der Waals surface area contributed by atoms with Gasteiger partial charge >= 0.3 is 0 Å². The van der Waals surface area contributed by atoms with Gasteiger partial charge in [-0.2, -0.15) is 5.10 Å². The van der Waals surface area contributed by atoms with E-state index in [0.717, 1.165) is 11.1 Å². The quantitative estimate of drug-likeness (QED) is 0.856. The second kappa shape index (κ2) is 4.49. The summed E-state index contributed by atoms with van der Waals surface area (Å²) in [6, 6.07) is 10.1. The second-order valence-electron chi connectivity index (χ2n) is 4.06. The number of rotatable bonds is 3. The van der Waals surface area contributed by atoms with Gasteiger partial charge in [0, 0.05) is 11.8 Å². The van der Waals surface area contributed by atoms with E-state index in [1.807, 2.05) is 49.6 Å². The average molecular weight is 216 g/mol. The smallest absolute Gasteiger partial charge is 0.0747 e. The number of nitrogens with zero attached hydrogens (tertiary/aromatic N) is 2. The number of hydrogen-bond acceptors (Lipinski definition) is 2. The van der Waals surface area contributed by atoms with Crippen molar-refractivity contribution in [1.82, 2.24) is 9.78 Å². The fraction of sp³-hybridized carbons (Fsp3) is 0.308. The van der Waals surface area contributed by atoms with Crippen LogP contribution in [0, 0.1) is 0 Å². The molecule has 1 aromatic carbocycles. The summed E-state index contributed by atoms with van der Waals surface area (Å²) in [6.45, 7) is 3.72. The molecule has 0 fully saturated rings. The molecule has 84 valence electrons. The maximum absolute atomic E-state index is 9.49. The molecule has 0 aliphatic rings. The van der Waals surface area contributed by atoms with Gasteiger partial charge in [0.15, 0.2) is 0 Å². The van der Waals surface area contributed by atoms with Crippen LogP contribution in [-0.4, -0.2) is 21.0 Å². The highest BCUT2D eigenvalue weighted by atomic mass is 16.3. The number of aliphatic hydroxyl groups is 1. The van der Waals surface area contributed by atoms with Gasteiger partial charge in [-0.05, 0) is 19.4 Å². The lowest BCUT2D eigenvalue weighted by Gasteiger charge is -2.14. The van der Waals surface area contributed by atoms with Gasteiger partial charge in [0.05, 0.1) is 18.3 Å². The molecule has 2 rings (SSSR count). The Morgan fingerprint density at radius 3 is 2.44 bits per heavy atom. The summed E-state index contributed by atoms with van der Waals surface area (Å²) in [5.74, 6) is 0. The maximum atomic E-state index is 9.49. The fourth-order valence-corrected chi connectivity index (χ4v) is 1.56. The van der Waals surface area contributed by atoms with Gasteiger partial charge in [0.2, 0.25) is 0 Å². The third kappa shape index (κ3) is 2.14. The largest absolute Gasteiger partial charge is 0.391 e. The van der Waals surface area contributed by atoms with Gasteiger partial charge in [-0.3, -0.25) is 4.68 Å². The van der Waals surface area contributed by atoms with Crippen molar-refractivity contribution in [2.45, 2.75) is 26.0 Å². The minimum atomic E-state index is -0.400. The molecular formula is C13H16N2O. The van der Waals surface area contributed by atoms with Crippen molar-refractivity contribution in [3.8, 4) is 11.1 Å². The summed E-state index contributed by atoms with van der Waals surface area (Å²) in [7, 11) is 0. The second-order valence-corrected chi connectivity index (χ2v) is 4.06. The molecule has 2 unspecified atom stereocenters. The summed E-state index contributed by atoms with van der Waals surface area (Å²) in [5, 5.41) is 13.8. The summed E-state index contributed by atoms with van der Waals surface area (Å²) >= 11 is 0. The van der Waals surface area contributed by atoms with E-state index in [4.69, 9.17) is 0 Å². The third-order valence-electron chi connectivity index (χ3n) is 2.82. The first kappa shape index (κ1) is 10.9. The zero-order valence-corrected chi connectivity index (χ0v) is 9.54. The normalized spacial score (nSPS) is 14.7. The van der Waals surface area contributed by atoms with Crippen LogP contribution < -0.4 is 0 Å². The monoisotopic (exact) mass is 216 g/mol. The van der Waals surface area contributed by atoms with Crippen molar-refractivity contribution in [2.75, 3.05) is 0 Å². The lowest BCUT2D eigenvalue weighted by Crippen LogP contribution is -2.18. The van der Waals surface area contributed by atoms with Crippen molar-refractivity contribution in [3.05, 3.63) is 42.7 Å². The summed E-state index contributed by atoms with van der Waals surface area (Å²) in [4.78, 5) is 0. The van der Waals surface area contributed by atoms with Gasteiger partial charge in [-0.1, -0.05) is 30.3 Å². The first-order valence-electron chi connectivity index (χ1n) is 5.46. The maximum Gasteiger partial charge on any atom is 0.0747 e. The van der Waals surface area contributed by atoms with Gasteiger partial charge < -0.3 is 5.11 Å². The Bertz CT molecular complexity index is 448. The molecule has 0 aliphatic heterocycles. The summed E-state index contributed by atoms with van der Waals surface area (Å²) < 4.78 is 1.80. The minimum Gasteiger partial charge on any atom is -0.391 e. The van der Waals surface area contributed by atoms with Crippen molar-refractivity contribution < 1.29 is 5.11 Å². The molecule has 0 saturated carbocycles. The minimum absolute atomic E-state index is 0.00235. The van der Waals surface area contributed by atoms with Gasteiger partial charge in [-0.15, -0.1) is 0 Å². The first-order valence-corrected chi connectivity index (χ1v) is 5.46. The standard InChI is InChI=1S/C13H16N2O/c1-10(11(2)16)15-9-13(8-14-15)12-6-4-3-5-7-12/h3-11,16H,1-2H3. The molecule has 0 bridgehead atoms. The fourth-order valence-electron chi connectivity index (χ4n) is 1.56. The first-order chi connectivity index (χ1) is 7.68. The van der Waals surface area contributed by atoms with Gasteiger partial charge in [-0.25, -0.2) is 0 Å².